The Labute approximate surface area is 173 Å². The Morgan fingerprint density at radius 1 is 1.25 bits per heavy atom. The standard InChI is InChI=1S/C22H30N2O3.ClH/c1-26-22(15-5-2-4-14(8-15)21(23)25)16-6-3-7-17(22)10-24(9-16)11-18-19-12-27-13-20(18)19;/h2,4-5,8,16-20H,3,6-7,9-13H2,1H3,(H2,23,25);1H/t16?,17?,18?,19-,20+,22?;. The zero-order chi connectivity index (χ0) is 18.6. The third-order valence-electron chi connectivity index (χ3n) is 7.81. The van der Waals surface area contributed by atoms with Crippen molar-refractivity contribution in [1.29, 1.82) is 0 Å². The van der Waals surface area contributed by atoms with Gasteiger partial charge >= 0.3 is 0 Å². The number of hydrogen-bond acceptors (Lipinski definition) is 4. The molecular formula is C22H31ClN2O3. The van der Waals surface area contributed by atoms with Crippen molar-refractivity contribution in [3.63, 3.8) is 0 Å². The molecule has 2 saturated carbocycles. The van der Waals surface area contributed by atoms with Gasteiger partial charge in [0.1, 0.15) is 5.60 Å². The minimum atomic E-state index is -0.367. The molecule has 1 aromatic carbocycles. The van der Waals surface area contributed by atoms with Gasteiger partial charge < -0.3 is 20.1 Å². The summed E-state index contributed by atoms with van der Waals surface area (Å²) in [6.07, 6.45) is 3.64. The van der Waals surface area contributed by atoms with Crippen LogP contribution in [0.25, 0.3) is 0 Å². The lowest BCUT2D eigenvalue weighted by molar-refractivity contribution is -0.169. The number of rotatable bonds is 5. The maximum absolute atomic E-state index is 11.7. The molecule has 0 spiro atoms. The van der Waals surface area contributed by atoms with Gasteiger partial charge in [0, 0.05) is 44.1 Å². The lowest BCUT2D eigenvalue weighted by atomic mass is 9.62. The summed E-state index contributed by atoms with van der Waals surface area (Å²) >= 11 is 0. The van der Waals surface area contributed by atoms with Crippen LogP contribution in [-0.2, 0) is 15.1 Å². The second kappa shape index (κ2) is 7.60. The topological polar surface area (TPSA) is 64.8 Å². The SMILES string of the molecule is COC1(c2cccc(C(N)=O)c2)C2CCCC1CN(CC1[C@H]3COC[C@@H]13)C2.Cl. The average molecular weight is 407 g/mol. The van der Waals surface area contributed by atoms with Crippen LogP contribution in [0.15, 0.2) is 24.3 Å². The molecular weight excluding hydrogens is 376 g/mol. The number of methoxy groups -OCH3 is 1. The first kappa shape index (κ1) is 20.1. The van der Waals surface area contributed by atoms with Crippen molar-refractivity contribution in [2.24, 2.45) is 35.3 Å². The quantitative estimate of drug-likeness (QED) is 0.816. The maximum atomic E-state index is 11.7. The maximum Gasteiger partial charge on any atom is 0.248 e. The molecule has 2 aliphatic heterocycles. The molecule has 2 heterocycles. The molecule has 2 N–H and O–H groups in total. The van der Waals surface area contributed by atoms with E-state index in [1.807, 2.05) is 19.2 Å². The number of nitrogens with two attached hydrogens (primary N) is 1. The van der Waals surface area contributed by atoms with E-state index in [1.54, 1.807) is 6.07 Å². The number of nitrogens with zero attached hydrogens (tertiary/aromatic N) is 1. The van der Waals surface area contributed by atoms with E-state index in [2.05, 4.69) is 11.0 Å². The lowest BCUT2D eigenvalue weighted by Crippen LogP contribution is -2.59. The van der Waals surface area contributed by atoms with E-state index in [0.717, 1.165) is 49.6 Å². The van der Waals surface area contributed by atoms with E-state index in [9.17, 15) is 4.79 Å². The van der Waals surface area contributed by atoms with Crippen LogP contribution in [0.1, 0.15) is 35.2 Å². The second-order valence-electron chi connectivity index (χ2n) is 9.01. The summed E-state index contributed by atoms with van der Waals surface area (Å²) in [6.45, 7) is 5.33. The first-order valence-electron chi connectivity index (χ1n) is 10.4. The number of piperidine rings is 1. The van der Waals surface area contributed by atoms with Crippen LogP contribution in [-0.4, -0.2) is 50.8 Å². The van der Waals surface area contributed by atoms with Gasteiger partial charge in [-0.25, -0.2) is 0 Å². The Hall–Kier alpha value is -1.14. The van der Waals surface area contributed by atoms with Crippen LogP contribution < -0.4 is 5.73 Å². The second-order valence-corrected chi connectivity index (χ2v) is 9.01. The molecule has 2 aliphatic carbocycles. The summed E-state index contributed by atoms with van der Waals surface area (Å²) in [6, 6.07) is 7.84. The molecule has 2 bridgehead atoms. The van der Waals surface area contributed by atoms with Crippen LogP contribution in [0.2, 0.25) is 0 Å². The molecule has 6 heteroatoms. The molecule has 1 amide bonds. The van der Waals surface area contributed by atoms with E-state index in [-0.39, 0.29) is 23.9 Å². The van der Waals surface area contributed by atoms with E-state index in [0.29, 0.717) is 17.4 Å². The minimum Gasteiger partial charge on any atom is -0.381 e. The Morgan fingerprint density at radius 3 is 2.54 bits per heavy atom. The van der Waals surface area contributed by atoms with Gasteiger partial charge in [0.05, 0.1) is 13.2 Å². The summed E-state index contributed by atoms with van der Waals surface area (Å²) < 4.78 is 11.9. The largest absolute Gasteiger partial charge is 0.381 e. The van der Waals surface area contributed by atoms with Crippen molar-refractivity contribution in [2.75, 3.05) is 40.0 Å². The molecule has 4 fully saturated rings. The molecule has 3 unspecified atom stereocenters. The van der Waals surface area contributed by atoms with Gasteiger partial charge in [0.2, 0.25) is 5.91 Å². The highest BCUT2D eigenvalue weighted by Gasteiger charge is 2.57. The summed E-state index contributed by atoms with van der Waals surface area (Å²) in [5, 5.41) is 0. The van der Waals surface area contributed by atoms with Crippen molar-refractivity contribution in [1.82, 2.24) is 4.90 Å². The lowest BCUT2D eigenvalue weighted by Gasteiger charge is -2.55. The predicted molar refractivity (Wildman–Crippen MR) is 109 cm³/mol. The number of carbonyl (C=O) groups is 1. The molecule has 5 atom stereocenters. The number of likely N-dealkylation sites (tertiary alicyclic amines) is 1. The van der Waals surface area contributed by atoms with Gasteiger partial charge in [0.25, 0.3) is 0 Å². The van der Waals surface area contributed by atoms with Gasteiger partial charge in [-0.2, -0.15) is 0 Å². The normalized spacial score (nSPS) is 39.1. The van der Waals surface area contributed by atoms with Crippen LogP contribution >= 0.6 is 12.4 Å². The number of fused-ring (bicyclic) bond motifs is 3. The molecule has 0 radical (unpaired) electrons. The molecule has 1 aromatic rings. The number of hydrogen-bond donors (Lipinski definition) is 1. The highest BCUT2D eigenvalue weighted by Crippen LogP contribution is 2.54. The molecule has 5 nitrogen and oxygen atoms in total. The minimum absolute atomic E-state index is 0. The smallest absolute Gasteiger partial charge is 0.248 e. The number of ether oxygens (including phenoxy) is 2. The van der Waals surface area contributed by atoms with Gasteiger partial charge in [-0.05, 0) is 48.3 Å². The van der Waals surface area contributed by atoms with E-state index >= 15 is 0 Å². The highest BCUT2D eigenvalue weighted by atomic mass is 35.5. The summed E-state index contributed by atoms with van der Waals surface area (Å²) in [7, 11) is 1.85. The number of benzene rings is 1. The van der Waals surface area contributed by atoms with E-state index < -0.39 is 0 Å². The molecule has 5 rings (SSSR count). The summed E-state index contributed by atoms with van der Waals surface area (Å²) in [4.78, 5) is 14.4. The van der Waals surface area contributed by atoms with Gasteiger partial charge in [-0.3, -0.25) is 4.79 Å². The van der Waals surface area contributed by atoms with Crippen molar-refractivity contribution >= 4 is 18.3 Å². The van der Waals surface area contributed by atoms with E-state index in [1.165, 1.54) is 25.8 Å². The number of halogens is 1. The van der Waals surface area contributed by atoms with Crippen molar-refractivity contribution < 1.29 is 14.3 Å². The third kappa shape index (κ3) is 3.07. The van der Waals surface area contributed by atoms with Gasteiger partial charge in [-0.15, -0.1) is 12.4 Å². The Bertz CT molecular complexity index is 718. The number of carbonyl (C=O) groups excluding carboxylic acids is 1. The first-order valence-corrected chi connectivity index (χ1v) is 10.4. The Morgan fingerprint density at radius 2 is 1.93 bits per heavy atom. The van der Waals surface area contributed by atoms with Crippen LogP contribution in [0, 0.1) is 29.6 Å². The van der Waals surface area contributed by atoms with Crippen LogP contribution in [0.4, 0.5) is 0 Å². The Kier molecular flexibility index (Phi) is 5.47. The predicted octanol–water partition coefficient (Wildman–Crippen LogP) is 2.67. The van der Waals surface area contributed by atoms with Crippen LogP contribution in [0.5, 0.6) is 0 Å². The van der Waals surface area contributed by atoms with Gasteiger partial charge in [0.15, 0.2) is 0 Å². The summed E-state index contributed by atoms with van der Waals surface area (Å²) in [5.74, 6) is 3.03. The van der Waals surface area contributed by atoms with E-state index in [4.69, 9.17) is 15.2 Å². The highest BCUT2D eigenvalue weighted by molar-refractivity contribution is 5.92. The molecule has 0 aromatic heterocycles. The summed E-state index contributed by atoms with van der Waals surface area (Å²) in [5.41, 5.74) is 6.96. The zero-order valence-electron chi connectivity index (χ0n) is 16.5. The Balaban J connectivity index is 0.00000192. The molecule has 28 heavy (non-hydrogen) atoms. The fourth-order valence-corrected chi connectivity index (χ4v) is 6.44. The third-order valence-corrected chi connectivity index (χ3v) is 7.81. The average Bonchev–Trinajstić information content (AvgIpc) is 3.08. The monoisotopic (exact) mass is 406 g/mol. The van der Waals surface area contributed by atoms with Crippen molar-refractivity contribution in [2.45, 2.75) is 24.9 Å². The fraction of sp³-hybridized carbons (Fsp3) is 0.682. The van der Waals surface area contributed by atoms with Crippen LogP contribution in [0.3, 0.4) is 0 Å². The fourth-order valence-electron chi connectivity index (χ4n) is 6.44. The molecule has 2 saturated heterocycles. The number of amides is 1. The van der Waals surface area contributed by atoms with Crippen molar-refractivity contribution in [3.8, 4) is 0 Å². The molecule has 154 valence electrons. The molecule has 4 aliphatic rings. The first-order chi connectivity index (χ1) is 13.1. The zero-order valence-corrected chi connectivity index (χ0v) is 17.3. The van der Waals surface area contributed by atoms with Crippen molar-refractivity contribution in [3.05, 3.63) is 35.4 Å². The number of primary amides is 1. The van der Waals surface area contributed by atoms with Gasteiger partial charge in [-0.1, -0.05) is 18.6 Å².